The fourth-order valence-corrected chi connectivity index (χ4v) is 1.22. The average Bonchev–Trinajstić information content (AvgIpc) is 2.13. The second kappa shape index (κ2) is 2.54. The molecule has 5 heteroatoms. The fourth-order valence-electron chi connectivity index (χ4n) is 0.612. The summed E-state index contributed by atoms with van der Waals surface area (Å²) in [5.74, 6) is 0.801. The number of hydrogen-bond acceptors (Lipinski definition) is 3. The topological polar surface area (TPSA) is 47.8 Å². The number of nitrogens with zero attached hydrogens (tertiary/aromatic N) is 3. The maximum atomic E-state index is 10.9. The summed E-state index contributed by atoms with van der Waals surface area (Å²) >= 11 is 0. The summed E-state index contributed by atoms with van der Waals surface area (Å²) in [4.78, 5) is 3.99. The molecule has 0 amide bonds. The Morgan fingerprint density at radius 3 is 2.40 bits per heavy atom. The van der Waals surface area contributed by atoms with Gasteiger partial charge in [0.2, 0.25) is 5.57 Å². The van der Waals surface area contributed by atoms with Gasteiger partial charge in [-0.3, -0.25) is 4.68 Å². The van der Waals surface area contributed by atoms with Crippen LogP contribution in [0.2, 0.25) is 0 Å². The third-order valence-corrected chi connectivity index (χ3v) is 2.14. The van der Waals surface area contributed by atoms with E-state index >= 15 is 0 Å². The van der Waals surface area contributed by atoms with Crippen molar-refractivity contribution in [2.24, 2.45) is 7.05 Å². The van der Waals surface area contributed by atoms with E-state index in [1.54, 1.807) is 18.4 Å². The van der Waals surface area contributed by atoms with Gasteiger partial charge in [-0.05, 0) is 13.6 Å². The molecule has 0 saturated heterocycles. The highest BCUT2D eigenvalue weighted by atomic mass is 31.1. The molecule has 0 N–H and O–H groups in total. The summed E-state index contributed by atoms with van der Waals surface area (Å²) in [5.41, 5.74) is 0.477. The molecular weight excluding hydrogens is 149 g/mol. The summed E-state index contributed by atoms with van der Waals surface area (Å²) in [6, 6.07) is 0. The molecule has 0 aliphatic rings. The molecule has 0 radical (unpaired) electrons. The SMILES string of the molecule is Cc1nc([PH](C)=O)nn1C. The van der Waals surface area contributed by atoms with Gasteiger partial charge in [-0.25, -0.2) is 4.98 Å². The number of hydrogen-bond donors (Lipinski definition) is 0. The first kappa shape index (κ1) is 7.48. The van der Waals surface area contributed by atoms with Crippen molar-refractivity contribution in [1.82, 2.24) is 14.8 Å². The number of rotatable bonds is 1. The number of aromatic nitrogens is 3. The van der Waals surface area contributed by atoms with Crippen LogP contribution in [0.4, 0.5) is 0 Å². The third-order valence-electron chi connectivity index (χ3n) is 1.30. The van der Waals surface area contributed by atoms with E-state index in [0.29, 0.717) is 5.57 Å². The lowest BCUT2D eigenvalue weighted by molar-refractivity contribution is 0.595. The van der Waals surface area contributed by atoms with Crippen molar-refractivity contribution in [2.75, 3.05) is 6.66 Å². The Morgan fingerprint density at radius 1 is 1.60 bits per heavy atom. The van der Waals surface area contributed by atoms with Gasteiger partial charge in [0.15, 0.2) is 0 Å². The third kappa shape index (κ3) is 1.27. The molecule has 0 spiro atoms. The Hall–Kier alpha value is -0.630. The zero-order valence-electron chi connectivity index (χ0n) is 6.25. The largest absolute Gasteiger partial charge is 0.319 e. The smallest absolute Gasteiger partial charge is 0.207 e. The van der Waals surface area contributed by atoms with E-state index in [1.165, 1.54) is 0 Å². The van der Waals surface area contributed by atoms with Crippen LogP contribution in [-0.2, 0) is 11.6 Å². The van der Waals surface area contributed by atoms with Gasteiger partial charge in [0.1, 0.15) is 13.6 Å². The minimum atomic E-state index is -1.71. The van der Waals surface area contributed by atoms with E-state index in [0.717, 1.165) is 5.82 Å². The van der Waals surface area contributed by atoms with E-state index in [4.69, 9.17) is 0 Å². The second-order valence-electron chi connectivity index (χ2n) is 2.16. The van der Waals surface area contributed by atoms with Gasteiger partial charge < -0.3 is 4.57 Å². The lowest BCUT2D eigenvalue weighted by atomic mass is 10.7. The molecule has 10 heavy (non-hydrogen) atoms. The first-order chi connectivity index (χ1) is 4.61. The van der Waals surface area contributed by atoms with Crippen LogP contribution in [0.5, 0.6) is 0 Å². The van der Waals surface area contributed by atoms with Gasteiger partial charge in [0, 0.05) is 7.05 Å². The van der Waals surface area contributed by atoms with Crippen molar-refractivity contribution >= 4 is 13.4 Å². The van der Waals surface area contributed by atoms with E-state index in [2.05, 4.69) is 10.1 Å². The number of aryl methyl sites for hydroxylation is 2. The van der Waals surface area contributed by atoms with Crippen molar-refractivity contribution in [3.05, 3.63) is 5.82 Å². The van der Waals surface area contributed by atoms with Gasteiger partial charge in [-0.15, -0.1) is 5.10 Å². The molecular formula is C5H10N3OP. The van der Waals surface area contributed by atoms with Gasteiger partial charge in [0.05, 0.1) is 0 Å². The fraction of sp³-hybridized carbons (Fsp3) is 0.600. The highest BCUT2D eigenvalue weighted by Gasteiger charge is 2.04. The Labute approximate surface area is 60.1 Å². The van der Waals surface area contributed by atoms with Gasteiger partial charge >= 0.3 is 0 Å². The van der Waals surface area contributed by atoms with Gasteiger partial charge in [-0.2, -0.15) is 0 Å². The zero-order chi connectivity index (χ0) is 7.72. The lowest BCUT2D eigenvalue weighted by Crippen LogP contribution is -2.02. The predicted octanol–water partition coefficient (Wildman–Crippen LogP) is -0.0617. The molecule has 0 bridgehead atoms. The van der Waals surface area contributed by atoms with Crippen LogP contribution in [0.1, 0.15) is 5.82 Å². The first-order valence-electron chi connectivity index (χ1n) is 3.00. The van der Waals surface area contributed by atoms with E-state index in [9.17, 15) is 4.57 Å². The summed E-state index contributed by atoms with van der Waals surface area (Å²) in [6.45, 7) is 3.47. The van der Waals surface area contributed by atoms with Crippen molar-refractivity contribution in [3.63, 3.8) is 0 Å². The summed E-state index contributed by atoms with van der Waals surface area (Å²) in [5, 5.41) is 3.95. The zero-order valence-corrected chi connectivity index (χ0v) is 7.25. The summed E-state index contributed by atoms with van der Waals surface area (Å²) in [6.07, 6.45) is 0. The molecule has 56 valence electrons. The van der Waals surface area contributed by atoms with Crippen LogP contribution >= 0.6 is 7.80 Å². The molecule has 0 aromatic carbocycles. The predicted molar refractivity (Wildman–Crippen MR) is 40.3 cm³/mol. The molecule has 0 saturated carbocycles. The van der Waals surface area contributed by atoms with Gasteiger partial charge in [0.25, 0.3) is 0 Å². The van der Waals surface area contributed by atoms with Crippen LogP contribution in [-0.4, -0.2) is 21.4 Å². The molecule has 1 heterocycles. The van der Waals surface area contributed by atoms with Crippen molar-refractivity contribution in [2.45, 2.75) is 6.92 Å². The van der Waals surface area contributed by atoms with Crippen molar-refractivity contribution in [3.8, 4) is 0 Å². The highest BCUT2D eigenvalue weighted by Crippen LogP contribution is 2.08. The van der Waals surface area contributed by atoms with Crippen LogP contribution in [0.15, 0.2) is 0 Å². The summed E-state index contributed by atoms with van der Waals surface area (Å²) in [7, 11) is 0.0818. The Bertz CT molecular complexity index is 248. The minimum Gasteiger partial charge on any atom is -0.319 e. The molecule has 1 rings (SSSR count). The minimum absolute atomic E-state index is 0.477. The van der Waals surface area contributed by atoms with E-state index in [1.807, 2.05) is 6.92 Å². The van der Waals surface area contributed by atoms with Gasteiger partial charge in [-0.1, -0.05) is 0 Å². The normalized spacial score (nSPS) is 13.5. The van der Waals surface area contributed by atoms with Crippen molar-refractivity contribution < 1.29 is 4.57 Å². The molecule has 0 fully saturated rings. The second-order valence-corrected chi connectivity index (χ2v) is 3.72. The summed E-state index contributed by atoms with van der Waals surface area (Å²) < 4.78 is 12.5. The first-order valence-corrected chi connectivity index (χ1v) is 4.90. The van der Waals surface area contributed by atoms with Crippen molar-refractivity contribution in [1.29, 1.82) is 0 Å². The molecule has 0 aliphatic carbocycles. The van der Waals surface area contributed by atoms with Crippen LogP contribution in [0.25, 0.3) is 0 Å². The Balaban J connectivity index is 3.10. The molecule has 1 unspecified atom stereocenters. The maximum absolute atomic E-state index is 10.9. The maximum Gasteiger partial charge on any atom is 0.207 e. The highest BCUT2D eigenvalue weighted by molar-refractivity contribution is 7.51. The molecule has 1 atom stereocenters. The molecule has 0 aliphatic heterocycles. The van der Waals surface area contributed by atoms with Crippen LogP contribution < -0.4 is 5.57 Å². The monoisotopic (exact) mass is 159 g/mol. The lowest BCUT2D eigenvalue weighted by Gasteiger charge is -1.85. The van der Waals surface area contributed by atoms with E-state index < -0.39 is 7.80 Å². The molecule has 1 aromatic heterocycles. The quantitative estimate of drug-likeness (QED) is 0.539. The average molecular weight is 159 g/mol. The molecule has 1 aromatic rings. The Morgan fingerprint density at radius 2 is 2.20 bits per heavy atom. The van der Waals surface area contributed by atoms with Crippen LogP contribution in [0, 0.1) is 6.92 Å². The van der Waals surface area contributed by atoms with Crippen LogP contribution in [0.3, 0.4) is 0 Å². The standard InChI is InChI=1S/C5H10N3OP/c1-4-6-5(10(3)9)7-8(4)2/h10H,1-3H3. The Kier molecular flexibility index (Phi) is 1.90. The van der Waals surface area contributed by atoms with E-state index in [-0.39, 0.29) is 0 Å². The molecule has 4 nitrogen and oxygen atoms in total.